The maximum Gasteiger partial charge on any atom is 0.341 e. The van der Waals surface area contributed by atoms with Gasteiger partial charge in [-0.1, -0.05) is 23.2 Å². The van der Waals surface area contributed by atoms with Crippen molar-refractivity contribution in [3.63, 3.8) is 0 Å². The average molecular weight is 384 g/mol. The highest BCUT2D eigenvalue weighted by atomic mass is 35.5. The third-order valence-corrected chi connectivity index (χ3v) is 5.73. The zero-order valence-corrected chi connectivity index (χ0v) is 15.3. The zero-order valence-electron chi connectivity index (χ0n) is 12.9. The fourth-order valence-electron chi connectivity index (χ4n) is 2.81. The Morgan fingerprint density at radius 1 is 1.21 bits per heavy atom. The lowest BCUT2D eigenvalue weighted by Crippen LogP contribution is -2.15. The van der Waals surface area contributed by atoms with E-state index in [1.54, 1.807) is 12.1 Å². The van der Waals surface area contributed by atoms with Gasteiger partial charge in [0.15, 0.2) is 0 Å². The highest BCUT2D eigenvalue weighted by Crippen LogP contribution is 2.39. The third-order valence-electron chi connectivity index (χ3n) is 3.96. The maximum atomic E-state index is 12.6. The molecule has 0 fully saturated rings. The van der Waals surface area contributed by atoms with Gasteiger partial charge in [-0.3, -0.25) is 4.79 Å². The van der Waals surface area contributed by atoms with Gasteiger partial charge in [-0.05, 0) is 49.4 Å². The standard InChI is InChI=1S/C17H15Cl2NO3S/c1-23-17(22)14-10-4-2-3-5-13(10)24-16(14)20-15(21)11-8-9(18)6-7-12(11)19/h6-8H,2-5H2,1H3,(H,20,21). The molecule has 1 aliphatic carbocycles. The monoisotopic (exact) mass is 383 g/mol. The summed E-state index contributed by atoms with van der Waals surface area (Å²) in [7, 11) is 1.34. The number of benzene rings is 1. The van der Waals surface area contributed by atoms with Crippen molar-refractivity contribution >= 4 is 51.4 Å². The Bertz CT molecular complexity index is 816. The maximum absolute atomic E-state index is 12.6. The molecule has 0 unspecified atom stereocenters. The number of esters is 1. The molecule has 1 amide bonds. The van der Waals surface area contributed by atoms with Gasteiger partial charge < -0.3 is 10.1 Å². The van der Waals surface area contributed by atoms with Crippen LogP contribution in [0, 0.1) is 0 Å². The van der Waals surface area contributed by atoms with Gasteiger partial charge in [0, 0.05) is 9.90 Å². The number of thiophene rings is 1. The van der Waals surface area contributed by atoms with Crippen LogP contribution in [0.15, 0.2) is 18.2 Å². The average Bonchev–Trinajstić information content (AvgIpc) is 2.94. The van der Waals surface area contributed by atoms with Gasteiger partial charge in [0.2, 0.25) is 0 Å². The molecule has 0 spiro atoms. The van der Waals surface area contributed by atoms with Crippen LogP contribution < -0.4 is 5.32 Å². The lowest BCUT2D eigenvalue weighted by molar-refractivity contribution is 0.0601. The summed E-state index contributed by atoms with van der Waals surface area (Å²) in [6.45, 7) is 0. The minimum Gasteiger partial charge on any atom is -0.465 e. The topological polar surface area (TPSA) is 55.4 Å². The number of hydrogen-bond acceptors (Lipinski definition) is 4. The predicted molar refractivity (Wildman–Crippen MR) is 96.7 cm³/mol. The van der Waals surface area contributed by atoms with Gasteiger partial charge in [0.1, 0.15) is 5.00 Å². The van der Waals surface area contributed by atoms with E-state index in [9.17, 15) is 9.59 Å². The molecule has 1 aromatic heterocycles. The second kappa shape index (κ2) is 7.13. The van der Waals surface area contributed by atoms with E-state index in [1.807, 2.05) is 0 Å². The van der Waals surface area contributed by atoms with E-state index in [0.717, 1.165) is 36.1 Å². The highest BCUT2D eigenvalue weighted by Gasteiger charge is 2.27. The first-order valence-electron chi connectivity index (χ1n) is 7.50. The minimum atomic E-state index is -0.429. The molecule has 1 N–H and O–H groups in total. The van der Waals surface area contributed by atoms with Crippen molar-refractivity contribution in [2.24, 2.45) is 0 Å². The van der Waals surface area contributed by atoms with Gasteiger partial charge in [-0.15, -0.1) is 11.3 Å². The van der Waals surface area contributed by atoms with E-state index in [-0.39, 0.29) is 5.56 Å². The van der Waals surface area contributed by atoms with Crippen LogP contribution in [0.25, 0.3) is 0 Å². The van der Waals surface area contributed by atoms with E-state index in [1.165, 1.54) is 24.5 Å². The number of carbonyl (C=O) groups is 2. The Morgan fingerprint density at radius 2 is 1.96 bits per heavy atom. The smallest absolute Gasteiger partial charge is 0.341 e. The molecule has 1 aromatic carbocycles. The van der Waals surface area contributed by atoms with Gasteiger partial charge in [-0.25, -0.2) is 4.79 Å². The summed E-state index contributed by atoms with van der Waals surface area (Å²) in [5.74, 6) is -0.826. The quantitative estimate of drug-likeness (QED) is 0.760. The van der Waals surface area contributed by atoms with Crippen LogP contribution in [-0.4, -0.2) is 19.0 Å². The van der Waals surface area contributed by atoms with E-state index < -0.39 is 11.9 Å². The highest BCUT2D eigenvalue weighted by molar-refractivity contribution is 7.17. The largest absolute Gasteiger partial charge is 0.465 e. The molecule has 2 aromatic rings. The second-order valence-corrected chi connectivity index (χ2v) is 7.43. The Labute approximate surface area is 153 Å². The number of ether oxygens (including phenoxy) is 1. The number of anilines is 1. The number of halogens is 2. The number of rotatable bonds is 3. The lowest BCUT2D eigenvalue weighted by Gasteiger charge is -2.12. The van der Waals surface area contributed by atoms with Gasteiger partial charge >= 0.3 is 5.97 Å². The molecule has 0 atom stereocenters. The summed E-state index contributed by atoms with van der Waals surface area (Å²) >= 11 is 13.5. The van der Waals surface area contributed by atoms with E-state index in [2.05, 4.69) is 5.32 Å². The van der Waals surface area contributed by atoms with Crippen LogP contribution in [0.1, 0.15) is 44.0 Å². The van der Waals surface area contributed by atoms with Crippen LogP contribution >= 0.6 is 34.5 Å². The molecule has 0 saturated carbocycles. The molecule has 0 radical (unpaired) electrons. The molecule has 4 nitrogen and oxygen atoms in total. The van der Waals surface area contributed by atoms with Gasteiger partial charge in [0.25, 0.3) is 5.91 Å². The molecular weight excluding hydrogens is 369 g/mol. The molecule has 1 aliphatic rings. The van der Waals surface area contributed by atoms with Crippen molar-refractivity contribution in [1.29, 1.82) is 0 Å². The molecule has 7 heteroatoms. The van der Waals surface area contributed by atoms with Crippen LogP contribution in [0.5, 0.6) is 0 Å². The van der Waals surface area contributed by atoms with Crippen molar-refractivity contribution < 1.29 is 14.3 Å². The van der Waals surface area contributed by atoms with Crippen molar-refractivity contribution in [2.75, 3.05) is 12.4 Å². The Morgan fingerprint density at radius 3 is 2.71 bits per heavy atom. The first-order chi connectivity index (χ1) is 11.5. The molecule has 1 heterocycles. The summed E-state index contributed by atoms with van der Waals surface area (Å²) in [4.78, 5) is 25.9. The SMILES string of the molecule is COC(=O)c1c(NC(=O)c2cc(Cl)ccc2Cl)sc2c1CCCC2. The number of aryl methyl sites for hydroxylation is 1. The molecule has 3 rings (SSSR count). The first-order valence-corrected chi connectivity index (χ1v) is 9.07. The Balaban J connectivity index is 1.97. The molecule has 0 saturated heterocycles. The molecular formula is C17H15Cl2NO3S. The number of amides is 1. The van der Waals surface area contributed by atoms with Crippen molar-refractivity contribution in [3.05, 3.63) is 49.8 Å². The number of carbonyl (C=O) groups excluding carboxylic acids is 2. The van der Waals surface area contributed by atoms with Gasteiger partial charge in [-0.2, -0.15) is 0 Å². The normalized spacial score (nSPS) is 13.3. The summed E-state index contributed by atoms with van der Waals surface area (Å²) in [5, 5.41) is 4.04. The van der Waals surface area contributed by atoms with Crippen LogP contribution in [0.3, 0.4) is 0 Å². The Kier molecular flexibility index (Phi) is 5.13. The second-order valence-electron chi connectivity index (χ2n) is 5.48. The summed E-state index contributed by atoms with van der Waals surface area (Å²) in [6.07, 6.45) is 3.85. The molecule has 24 heavy (non-hydrogen) atoms. The molecule has 0 bridgehead atoms. The van der Waals surface area contributed by atoms with E-state index in [0.29, 0.717) is 20.6 Å². The van der Waals surface area contributed by atoms with Gasteiger partial charge in [0.05, 0.1) is 23.3 Å². The number of nitrogens with one attached hydrogen (secondary N) is 1. The van der Waals surface area contributed by atoms with Crippen LogP contribution in [0.2, 0.25) is 10.0 Å². The van der Waals surface area contributed by atoms with Crippen LogP contribution in [-0.2, 0) is 17.6 Å². The Hall–Kier alpha value is -1.56. The van der Waals surface area contributed by atoms with Crippen molar-refractivity contribution in [1.82, 2.24) is 0 Å². The zero-order chi connectivity index (χ0) is 17.3. The lowest BCUT2D eigenvalue weighted by atomic mass is 9.95. The third kappa shape index (κ3) is 3.29. The number of fused-ring (bicyclic) bond motifs is 1. The van der Waals surface area contributed by atoms with Crippen molar-refractivity contribution in [2.45, 2.75) is 25.7 Å². The number of methoxy groups -OCH3 is 1. The van der Waals surface area contributed by atoms with E-state index in [4.69, 9.17) is 27.9 Å². The van der Waals surface area contributed by atoms with E-state index >= 15 is 0 Å². The fraction of sp³-hybridized carbons (Fsp3) is 0.294. The summed E-state index contributed by atoms with van der Waals surface area (Å²) < 4.78 is 4.90. The summed E-state index contributed by atoms with van der Waals surface area (Å²) in [6, 6.07) is 4.69. The minimum absolute atomic E-state index is 0.270. The first kappa shape index (κ1) is 17.3. The summed E-state index contributed by atoms with van der Waals surface area (Å²) in [5.41, 5.74) is 1.72. The number of hydrogen-bond donors (Lipinski definition) is 1. The predicted octanol–water partition coefficient (Wildman–Crippen LogP) is 4.97. The molecule has 126 valence electrons. The van der Waals surface area contributed by atoms with Crippen LogP contribution in [0.4, 0.5) is 5.00 Å². The van der Waals surface area contributed by atoms with Crippen molar-refractivity contribution in [3.8, 4) is 0 Å². The molecule has 0 aliphatic heterocycles. The fourth-order valence-corrected chi connectivity index (χ4v) is 4.46.